The molecule has 0 radical (unpaired) electrons. The Hall–Kier alpha value is -2.27. The fourth-order valence-electron chi connectivity index (χ4n) is 1.67. The van der Waals surface area contributed by atoms with E-state index < -0.39 is 11.7 Å². The molecule has 0 unspecified atom stereocenters. The molecule has 0 aliphatic heterocycles. The van der Waals surface area contributed by atoms with Crippen molar-refractivity contribution in [1.29, 1.82) is 0 Å². The van der Waals surface area contributed by atoms with E-state index in [1.807, 2.05) is 0 Å². The van der Waals surface area contributed by atoms with E-state index in [4.69, 9.17) is 22.1 Å². The highest BCUT2D eigenvalue weighted by Gasteiger charge is 2.11. The van der Waals surface area contributed by atoms with Gasteiger partial charge in [0, 0.05) is 22.3 Å². The van der Waals surface area contributed by atoms with E-state index in [9.17, 15) is 9.18 Å². The summed E-state index contributed by atoms with van der Waals surface area (Å²) >= 11 is 5.82. The molecular formula is C14H12ClFN2O2. The summed E-state index contributed by atoms with van der Waals surface area (Å²) in [4.78, 5) is 12.0. The van der Waals surface area contributed by atoms with Crippen molar-refractivity contribution in [3.63, 3.8) is 0 Å². The van der Waals surface area contributed by atoms with Gasteiger partial charge < -0.3 is 15.8 Å². The van der Waals surface area contributed by atoms with Crippen LogP contribution in [0.2, 0.25) is 5.02 Å². The third-order valence-electron chi connectivity index (χ3n) is 2.60. The fraction of sp³-hybridized carbons (Fsp3) is 0.0714. The summed E-state index contributed by atoms with van der Waals surface area (Å²) in [6.07, 6.45) is 0. The van der Waals surface area contributed by atoms with Gasteiger partial charge in [-0.15, -0.1) is 0 Å². The van der Waals surface area contributed by atoms with Gasteiger partial charge in [0.25, 0.3) is 5.91 Å². The van der Waals surface area contributed by atoms with Crippen molar-refractivity contribution in [2.24, 2.45) is 0 Å². The lowest BCUT2D eigenvalue weighted by atomic mass is 10.2. The Labute approximate surface area is 120 Å². The molecule has 0 heterocycles. The number of hydrogen-bond acceptors (Lipinski definition) is 3. The minimum absolute atomic E-state index is 0.0212. The van der Waals surface area contributed by atoms with E-state index in [-0.39, 0.29) is 11.3 Å². The van der Waals surface area contributed by atoms with Crippen molar-refractivity contribution in [3.8, 4) is 5.75 Å². The Morgan fingerprint density at radius 2 is 2.05 bits per heavy atom. The Morgan fingerprint density at radius 3 is 2.70 bits per heavy atom. The molecule has 0 spiro atoms. The molecule has 0 aromatic heterocycles. The van der Waals surface area contributed by atoms with Crippen LogP contribution in [-0.4, -0.2) is 13.0 Å². The predicted octanol–water partition coefficient (Wildman–Crippen LogP) is 3.32. The molecule has 2 aromatic carbocycles. The van der Waals surface area contributed by atoms with Crippen LogP contribution >= 0.6 is 11.6 Å². The number of nitrogen functional groups attached to an aromatic ring is 1. The van der Waals surface area contributed by atoms with Crippen LogP contribution in [0.5, 0.6) is 5.75 Å². The number of nitrogens with one attached hydrogen (secondary N) is 1. The maximum atomic E-state index is 13.6. The number of halogens is 2. The normalized spacial score (nSPS) is 10.2. The van der Waals surface area contributed by atoms with Gasteiger partial charge in [-0.3, -0.25) is 4.79 Å². The van der Waals surface area contributed by atoms with Gasteiger partial charge in [-0.25, -0.2) is 4.39 Å². The summed E-state index contributed by atoms with van der Waals surface area (Å²) in [6, 6.07) is 8.49. The molecule has 6 heteroatoms. The number of ether oxygens (including phenoxy) is 1. The number of benzene rings is 2. The maximum Gasteiger partial charge on any atom is 0.255 e. The first kappa shape index (κ1) is 14.1. The molecule has 2 aromatic rings. The molecule has 0 aliphatic rings. The smallest absolute Gasteiger partial charge is 0.255 e. The summed E-state index contributed by atoms with van der Waals surface area (Å²) in [7, 11) is 1.45. The Balaban J connectivity index is 2.27. The van der Waals surface area contributed by atoms with E-state index in [2.05, 4.69) is 5.32 Å². The number of nitrogens with two attached hydrogens (primary N) is 1. The van der Waals surface area contributed by atoms with Crippen molar-refractivity contribution < 1.29 is 13.9 Å². The number of amides is 1. The lowest BCUT2D eigenvalue weighted by Gasteiger charge is -2.09. The lowest BCUT2D eigenvalue weighted by Crippen LogP contribution is -2.13. The first-order valence-electron chi connectivity index (χ1n) is 5.70. The van der Waals surface area contributed by atoms with Crippen LogP contribution in [0.1, 0.15) is 10.4 Å². The van der Waals surface area contributed by atoms with E-state index in [1.165, 1.54) is 43.5 Å². The summed E-state index contributed by atoms with van der Waals surface area (Å²) < 4.78 is 18.6. The van der Waals surface area contributed by atoms with Gasteiger partial charge >= 0.3 is 0 Å². The molecule has 0 aliphatic carbocycles. The first-order chi connectivity index (χ1) is 9.49. The van der Waals surface area contributed by atoms with Gasteiger partial charge in [0.15, 0.2) is 0 Å². The third kappa shape index (κ3) is 3.19. The van der Waals surface area contributed by atoms with Crippen LogP contribution in [0.25, 0.3) is 0 Å². The topological polar surface area (TPSA) is 64.3 Å². The second-order valence-electron chi connectivity index (χ2n) is 4.07. The Bertz CT molecular complexity index is 641. The SMILES string of the molecule is COc1ccc(F)c(NC(=O)c2cc(N)cc(Cl)c2)c1. The summed E-state index contributed by atoms with van der Waals surface area (Å²) in [5.74, 6) is -0.632. The lowest BCUT2D eigenvalue weighted by molar-refractivity contribution is 0.102. The van der Waals surface area contributed by atoms with E-state index in [1.54, 1.807) is 0 Å². The maximum absolute atomic E-state index is 13.6. The molecule has 1 amide bonds. The van der Waals surface area contributed by atoms with Crippen molar-refractivity contribution in [3.05, 3.63) is 52.8 Å². The predicted molar refractivity (Wildman–Crippen MR) is 76.8 cm³/mol. The van der Waals surface area contributed by atoms with Gasteiger partial charge in [0.2, 0.25) is 0 Å². The molecule has 0 saturated heterocycles. The summed E-state index contributed by atoms with van der Waals surface area (Å²) in [5.41, 5.74) is 6.23. The molecule has 4 nitrogen and oxygen atoms in total. The Kier molecular flexibility index (Phi) is 4.10. The zero-order chi connectivity index (χ0) is 14.7. The highest BCUT2D eigenvalue weighted by molar-refractivity contribution is 6.31. The average molecular weight is 295 g/mol. The van der Waals surface area contributed by atoms with Crippen LogP contribution in [0.3, 0.4) is 0 Å². The third-order valence-corrected chi connectivity index (χ3v) is 2.82. The standard InChI is InChI=1S/C14H12ClFN2O2/c1-20-11-2-3-12(16)13(7-11)18-14(19)8-4-9(15)6-10(17)5-8/h2-7H,17H2,1H3,(H,18,19). The number of carbonyl (C=O) groups excluding carboxylic acids is 1. The van der Waals surface area contributed by atoms with Gasteiger partial charge in [-0.2, -0.15) is 0 Å². The van der Waals surface area contributed by atoms with Crippen LogP contribution in [-0.2, 0) is 0 Å². The average Bonchev–Trinajstić information content (AvgIpc) is 2.40. The van der Waals surface area contributed by atoms with Crippen molar-refractivity contribution in [1.82, 2.24) is 0 Å². The number of anilines is 2. The van der Waals surface area contributed by atoms with Gasteiger partial charge in [0.05, 0.1) is 12.8 Å². The minimum Gasteiger partial charge on any atom is -0.497 e. The number of rotatable bonds is 3. The summed E-state index contributed by atoms with van der Waals surface area (Å²) in [6.45, 7) is 0. The van der Waals surface area contributed by atoms with E-state index >= 15 is 0 Å². The first-order valence-corrected chi connectivity index (χ1v) is 6.08. The molecule has 2 rings (SSSR count). The highest BCUT2D eigenvalue weighted by Crippen LogP contribution is 2.23. The molecular weight excluding hydrogens is 283 g/mol. The van der Waals surface area contributed by atoms with E-state index in [0.717, 1.165) is 0 Å². The van der Waals surface area contributed by atoms with Crippen molar-refractivity contribution in [2.45, 2.75) is 0 Å². The van der Waals surface area contributed by atoms with Crippen LogP contribution in [0.15, 0.2) is 36.4 Å². The van der Waals surface area contributed by atoms with Crippen LogP contribution < -0.4 is 15.8 Å². The fourth-order valence-corrected chi connectivity index (χ4v) is 1.91. The quantitative estimate of drug-likeness (QED) is 0.854. The van der Waals surface area contributed by atoms with Crippen LogP contribution in [0.4, 0.5) is 15.8 Å². The largest absolute Gasteiger partial charge is 0.497 e. The molecule has 0 saturated carbocycles. The van der Waals surface area contributed by atoms with Crippen molar-refractivity contribution in [2.75, 3.05) is 18.2 Å². The van der Waals surface area contributed by atoms with Gasteiger partial charge in [0.1, 0.15) is 11.6 Å². The zero-order valence-corrected chi connectivity index (χ0v) is 11.4. The van der Waals surface area contributed by atoms with Crippen LogP contribution in [0, 0.1) is 5.82 Å². The second kappa shape index (κ2) is 5.79. The monoisotopic (exact) mass is 294 g/mol. The molecule has 0 atom stereocenters. The van der Waals surface area contributed by atoms with Crippen molar-refractivity contribution >= 4 is 28.9 Å². The number of methoxy groups -OCH3 is 1. The highest BCUT2D eigenvalue weighted by atomic mass is 35.5. The minimum atomic E-state index is -0.561. The second-order valence-corrected chi connectivity index (χ2v) is 4.51. The van der Waals surface area contributed by atoms with Gasteiger partial charge in [-0.05, 0) is 30.3 Å². The molecule has 0 bridgehead atoms. The molecule has 0 fully saturated rings. The Morgan fingerprint density at radius 1 is 1.30 bits per heavy atom. The van der Waals surface area contributed by atoms with Gasteiger partial charge in [-0.1, -0.05) is 11.6 Å². The summed E-state index contributed by atoms with van der Waals surface area (Å²) in [5, 5.41) is 2.78. The molecule has 104 valence electrons. The number of hydrogen-bond donors (Lipinski definition) is 2. The molecule has 3 N–H and O–H groups in total. The zero-order valence-electron chi connectivity index (χ0n) is 10.6. The number of carbonyl (C=O) groups is 1. The molecule has 20 heavy (non-hydrogen) atoms. The van der Waals surface area contributed by atoms with E-state index in [0.29, 0.717) is 16.5 Å².